The van der Waals surface area contributed by atoms with Crippen molar-refractivity contribution in [2.24, 2.45) is 0 Å². The summed E-state index contributed by atoms with van der Waals surface area (Å²) in [5.41, 5.74) is 0. The lowest BCUT2D eigenvalue weighted by Crippen LogP contribution is -2.30. The van der Waals surface area contributed by atoms with Crippen LogP contribution in [0.15, 0.2) is 85.1 Å². The average molecular weight is 1020 g/mol. The fraction of sp³-hybridized carbons (Fsp3) is 0.746. The molecule has 0 aliphatic carbocycles. The Morgan fingerprint density at radius 2 is 0.507 bits per heavy atom. The van der Waals surface area contributed by atoms with Gasteiger partial charge in [0.05, 0.1) is 0 Å². The van der Waals surface area contributed by atoms with E-state index in [0.29, 0.717) is 19.3 Å². The first-order valence-corrected chi connectivity index (χ1v) is 31.1. The van der Waals surface area contributed by atoms with Gasteiger partial charge in [-0.25, -0.2) is 0 Å². The number of carbonyl (C=O) groups is 3. The van der Waals surface area contributed by atoms with Crippen LogP contribution in [0.5, 0.6) is 0 Å². The van der Waals surface area contributed by atoms with Crippen molar-refractivity contribution in [3.05, 3.63) is 85.1 Å². The smallest absolute Gasteiger partial charge is 0.306 e. The Labute approximate surface area is 452 Å². The van der Waals surface area contributed by atoms with Crippen LogP contribution >= 0.6 is 0 Å². The molecule has 0 amide bonds. The van der Waals surface area contributed by atoms with Gasteiger partial charge in [-0.2, -0.15) is 0 Å². The predicted molar refractivity (Wildman–Crippen MR) is 316 cm³/mol. The molecule has 0 heterocycles. The SMILES string of the molecule is CCCCC/C=C\C/C=C\C/C=C\C/C=C\CCCC(=O)O[C@H](COC(=O)CCCCCCCCCCC/C=C\C/C=C\CCCCC)COC(=O)CCCCCCCCCCC/C=C\CCCCCCCC. The van der Waals surface area contributed by atoms with Crippen LogP contribution in [-0.2, 0) is 28.6 Å². The molecule has 420 valence electrons. The molecule has 0 fully saturated rings. The highest BCUT2D eigenvalue weighted by Crippen LogP contribution is 2.15. The first-order valence-electron chi connectivity index (χ1n) is 31.1. The third-order valence-electron chi connectivity index (χ3n) is 13.3. The van der Waals surface area contributed by atoms with Crippen LogP contribution in [-0.4, -0.2) is 37.2 Å². The molecule has 0 aliphatic rings. The molecule has 73 heavy (non-hydrogen) atoms. The summed E-state index contributed by atoms with van der Waals surface area (Å²) in [5, 5.41) is 0. The lowest BCUT2D eigenvalue weighted by molar-refractivity contribution is -0.167. The summed E-state index contributed by atoms with van der Waals surface area (Å²) in [7, 11) is 0. The van der Waals surface area contributed by atoms with Crippen molar-refractivity contribution >= 4 is 17.9 Å². The van der Waals surface area contributed by atoms with Gasteiger partial charge in [-0.3, -0.25) is 14.4 Å². The molecule has 1 atom stereocenters. The Morgan fingerprint density at radius 1 is 0.274 bits per heavy atom. The van der Waals surface area contributed by atoms with Crippen LogP contribution < -0.4 is 0 Å². The van der Waals surface area contributed by atoms with Crippen molar-refractivity contribution in [1.82, 2.24) is 0 Å². The maximum Gasteiger partial charge on any atom is 0.306 e. The minimum Gasteiger partial charge on any atom is -0.462 e. The van der Waals surface area contributed by atoms with Crippen LogP contribution in [0, 0.1) is 0 Å². The van der Waals surface area contributed by atoms with Crippen LogP contribution in [0.4, 0.5) is 0 Å². The molecule has 0 N–H and O–H groups in total. The molecule has 0 aromatic rings. The largest absolute Gasteiger partial charge is 0.462 e. The third kappa shape index (κ3) is 59.3. The van der Waals surface area contributed by atoms with Crippen LogP contribution in [0.3, 0.4) is 0 Å². The first kappa shape index (κ1) is 69.6. The average Bonchev–Trinajstić information content (AvgIpc) is 3.39. The number of unbranched alkanes of at least 4 members (excludes halogenated alkanes) is 31. The molecule has 6 heteroatoms. The Bertz CT molecular complexity index is 1400. The molecule has 6 nitrogen and oxygen atoms in total. The molecule has 0 radical (unpaired) electrons. The van der Waals surface area contributed by atoms with Gasteiger partial charge in [0.15, 0.2) is 6.10 Å². The molecule has 0 saturated carbocycles. The van der Waals surface area contributed by atoms with Gasteiger partial charge < -0.3 is 14.2 Å². The highest BCUT2D eigenvalue weighted by molar-refractivity contribution is 5.71. The van der Waals surface area contributed by atoms with Crippen molar-refractivity contribution in [2.75, 3.05) is 13.2 Å². The third-order valence-corrected chi connectivity index (χ3v) is 13.3. The summed E-state index contributed by atoms with van der Waals surface area (Å²) in [6.45, 7) is 6.56. The maximum atomic E-state index is 12.9. The predicted octanol–water partition coefficient (Wildman–Crippen LogP) is 21.1. The highest BCUT2D eigenvalue weighted by Gasteiger charge is 2.19. The monoisotopic (exact) mass is 1020 g/mol. The summed E-state index contributed by atoms with van der Waals surface area (Å²) in [4.78, 5) is 38.3. The van der Waals surface area contributed by atoms with Gasteiger partial charge in [0.1, 0.15) is 13.2 Å². The second-order valence-electron chi connectivity index (χ2n) is 20.6. The normalized spacial score (nSPS) is 12.6. The van der Waals surface area contributed by atoms with E-state index < -0.39 is 6.10 Å². The lowest BCUT2D eigenvalue weighted by atomic mass is 10.1. The molecule has 0 aliphatic heterocycles. The summed E-state index contributed by atoms with van der Waals surface area (Å²) in [6, 6.07) is 0. The standard InChI is InChI=1S/C67H116O6/c1-4-7-10-13-16-19-22-25-28-31-33-36-38-41-44-47-50-53-56-59-65(68)71-62-64(73-67(70)61-58-55-52-49-46-43-40-35-30-27-24-21-18-15-12-9-6-3)63-72-66(69)60-57-54-51-48-45-42-39-37-34-32-29-26-23-20-17-14-11-8-5-2/h16,18-19,21,25-30,40,43,49,52,64H,4-15,17,20,22-24,31-39,41-42,44-48,50-51,53-63H2,1-3H3/b19-16-,21-18-,28-25-,29-26-,30-27-,43-40-,52-49-/t64-/m1/s1. The summed E-state index contributed by atoms with van der Waals surface area (Å²) in [5.74, 6) is -0.953. The zero-order chi connectivity index (χ0) is 52.9. The fourth-order valence-corrected chi connectivity index (χ4v) is 8.64. The van der Waals surface area contributed by atoms with Gasteiger partial charge in [0.25, 0.3) is 0 Å². The molecule has 0 aromatic carbocycles. The number of esters is 3. The van der Waals surface area contributed by atoms with Crippen molar-refractivity contribution in [3.63, 3.8) is 0 Å². The van der Waals surface area contributed by atoms with Gasteiger partial charge in [-0.1, -0.05) is 254 Å². The highest BCUT2D eigenvalue weighted by atomic mass is 16.6. The topological polar surface area (TPSA) is 78.9 Å². The van der Waals surface area contributed by atoms with E-state index in [1.165, 1.54) is 186 Å². The second kappa shape index (κ2) is 61.1. The number of rotatable bonds is 56. The maximum absolute atomic E-state index is 12.9. The van der Waals surface area contributed by atoms with Crippen LogP contribution in [0.25, 0.3) is 0 Å². The van der Waals surface area contributed by atoms with E-state index in [1.807, 2.05) is 0 Å². The van der Waals surface area contributed by atoms with Gasteiger partial charge >= 0.3 is 17.9 Å². The Hall–Kier alpha value is -3.41. The van der Waals surface area contributed by atoms with E-state index in [9.17, 15) is 14.4 Å². The number of hydrogen-bond donors (Lipinski definition) is 0. The lowest BCUT2D eigenvalue weighted by Gasteiger charge is -2.18. The molecule has 0 unspecified atom stereocenters. The van der Waals surface area contributed by atoms with Crippen molar-refractivity contribution in [1.29, 1.82) is 0 Å². The molecule has 0 bridgehead atoms. The molecule has 0 rings (SSSR count). The Morgan fingerprint density at radius 3 is 0.849 bits per heavy atom. The fourth-order valence-electron chi connectivity index (χ4n) is 8.64. The number of hydrogen-bond acceptors (Lipinski definition) is 6. The van der Waals surface area contributed by atoms with Crippen LogP contribution in [0.1, 0.15) is 303 Å². The zero-order valence-electron chi connectivity index (χ0n) is 48.1. The van der Waals surface area contributed by atoms with E-state index >= 15 is 0 Å². The van der Waals surface area contributed by atoms with Crippen molar-refractivity contribution in [2.45, 2.75) is 309 Å². The van der Waals surface area contributed by atoms with Gasteiger partial charge in [-0.05, 0) is 116 Å². The summed E-state index contributed by atoms with van der Waals surface area (Å²) in [6.07, 6.45) is 80.1. The zero-order valence-corrected chi connectivity index (χ0v) is 48.1. The van der Waals surface area contributed by atoms with Crippen LogP contribution in [0.2, 0.25) is 0 Å². The summed E-state index contributed by atoms with van der Waals surface area (Å²) < 4.78 is 16.9. The van der Waals surface area contributed by atoms with Gasteiger partial charge in [0.2, 0.25) is 0 Å². The number of ether oxygens (including phenoxy) is 3. The molecule has 0 aromatic heterocycles. The second-order valence-corrected chi connectivity index (χ2v) is 20.6. The molecular weight excluding hydrogens is 901 g/mol. The Kier molecular flexibility index (Phi) is 58.3. The number of carbonyl (C=O) groups excluding carboxylic acids is 3. The quantitative estimate of drug-likeness (QED) is 0.0261. The van der Waals surface area contributed by atoms with Crippen molar-refractivity contribution in [3.8, 4) is 0 Å². The summed E-state index contributed by atoms with van der Waals surface area (Å²) >= 11 is 0. The Balaban J connectivity index is 4.45. The van der Waals surface area contributed by atoms with Crippen molar-refractivity contribution < 1.29 is 28.6 Å². The molecule has 0 saturated heterocycles. The first-order chi connectivity index (χ1) is 36.0. The minimum absolute atomic E-state index is 0.0997. The number of allylic oxidation sites excluding steroid dienone is 14. The van der Waals surface area contributed by atoms with E-state index in [4.69, 9.17) is 14.2 Å². The van der Waals surface area contributed by atoms with E-state index in [-0.39, 0.29) is 37.5 Å². The van der Waals surface area contributed by atoms with E-state index in [0.717, 1.165) is 70.6 Å². The van der Waals surface area contributed by atoms with Gasteiger partial charge in [-0.15, -0.1) is 0 Å². The molecular formula is C67H116O6. The van der Waals surface area contributed by atoms with Gasteiger partial charge in [0, 0.05) is 19.3 Å². The minimum atomic E-state index is -0.809. The van der Waals surface area contributed by atoms with E-state index in [1.54, 1.807) is 0 Å². The van der Waals surface area contributed by atoms with E-state index in [2.05, 4.69) is 106 Å². The molecule has 0 spiro atoms.